The first kappa shape index (κ1) is 14.1. The maximum Gasteiger partial charge on any atom is 0.203 e. The van der Waals surface area contributed by atoms with Crippen molar-refractivity contribution >= 4 is 5.95 Å². The van der Waals surface area contributed by atoms with Gasteiger partial charge in [0.25, 0.3) is 0 Å². The molecule has 1 aliphatic carbocycles. The highest BCUT2D eigenvalue weighted by Crippen LogP contribution is 2.22. The first-order valence-electron chi connectivity index (χ1n) is 7.93. The van der Waals surface area contributed by atoms with Crippen LogP contribution in [0.1, 0.15) is 49.1 Å². The van der Waals surface area contributed by atoms with Crippen molar-refractivity contribution in [2.45, 2.75) is 58.5 Å². The van der Waals surface area contributed by atoms with Crippen molar-refractivity contribution < 1.29 is 0 Å². The summed E-state index contributed by atoms with van der Waals surface area (Å²) in [6.07, 6.45) is 10.5. The zero-order valence-corrected chi connectivity index (χ0v) is 13.0. The molecular weight excluding hydrogens is 260 g/mol. The van der Waals surface area contributed by atoms with Crippen LogP contribution in [-0.2, 0) is 6.54 Å². The molecule has 0 bridgehead atoms. The fourth-order valence-corrected chi connectivity index (χ4v) is 3.06. The van der Waals surface area contributed by atoms with Gasteiger partial charge >= 0.3 is 0 Å². The predicted molar refractivity (Wildman–Crippen MR) is 85.5 cm³/mol. The van der Waals surface area contributed by atoms with Gasteiger partial charge in [-0.1, -0.05) is 25.3 Å². The summed E-state index contributed by atoms with van der Waals surface area (Å²) in [5.74, 6) is 0.990. The fourth-order valence-electron chi connectivity index (χ4n) is 3.06. The van der Waals surface area contributed by atoms with E-state index in [1.165, 1.54) is 37.7 Å². The Bertz CT molecular complexity index is 597. The smallest absolute Gasteiger partial charge is 0.203 e. The van der Waals surface area contributed by atoms with Crippen molar-refractivity contribution in [2.75, 3.05) is 5.32 Å². The Kier molecular flexibility index (Phi) is 4.23. The van der Waals surface area contributed by atoms with Crippen LogP contribution in [0.4, 0.5) is 5.95 Å². The molecule has 3 rings (SSSR count). The average molecular weight is 284 g/mol. The number of aromatic nitrogens is 3. The van der Waals surface area contributed by atoms with Gasteiger partial charge < -0.3 is 9.88 Å². The molecule has 1 fully saturated rings. The van der Waals surface area contributed by atoms with Crippen molar-refractivity contribution in [3.63, 3.8) is 0 Å². The van der Waals surface area contributed by atoms with Crippen LogP contribution >= 0.6 is 0 Å². The van der Waals surface area contributed by atoms with Crippen LogP contribution in [0.25, 0.3) is 0 Å². The molecule has 1 saturated carbocycles. The van der Waals surface area contributed by atoms with E-state index in [1.807, 2.05) is 19.2 Å². The molecule has 0 spiro atoms. The molecule has 2 heterocycles. The van der Waals surface area contributed by atoms with Gasteiger partial charge in [0.2, 0.25) is 5.95 Å². The van der Waals surface area contributed by atoms with Gasteiger partial charge in [-0.25, -0.2) is 4.98 Å². The van der Waals surface area contributed by atoms with E-state index >= 15 is 0 Å². The van der Waals surface area contributed by atoms with Crippen molar-refractivity contribution in [2.24, 2.45) is 0 Å². The van der Waals surface area contributed by atoms with E-state index < -0.39 is 0 Å². The lowest BCUT2D eigenvalue weighted by Gasteiger charge is -2.23. The number of anilines is 1. The second kappa shape index (κ2) is 6.29. The Morgan fingerprint density at radius 2 is 2.05 bits per heavy atom. The van der Waals surface area contributed by atoms with Crippen LogP contribution < -0.4 is 5.32 Å². The number of nitrogens with one attached hydrogen (secondary N) is 1. The van der Waals surface area contributed by atoms with Gasteiger partial charge in [-0.2, -0.15) is 0 Å². The average Bonchev–Trinajstić information content (AvgIpc) is 2.82. The number of imidazole rings is 1. The number of rotatable bonds is 4. The molecular formula is C17H24N4. The number of pyridine rings is 1. The second-order valence-electron chi connectivity index (χ2n) is 6.08. The predicted octanol–water partition coefficient (Wildman–Crippen LogP) is 3.69. The number of hydrogen-bond acceptors (Lipinski definition) is 3. The van der Waals surface area contributed by atoms with E-state index in [0.717, 1.165) is 23.9 Å². The Hall–Kier alpha value is -1.84. The lowest BCUT2D eigenvalue weighted by Crippen LogP contribution is -2.24. The Balaban J connectivity index is 1.77. The lowest BCUT2D eigenvalue weighted by molar-refractivity contribution is 0.459. The van der Waals surface area contributed by atoms with Crippen LogP contribution in [0.15, 0.2) is 24.5 Å². The molecule has 0 radical (unpaired) electrons. The molecule has 4 heteroatoms. The van der Waals surface area contributed by atoms with Crippen molar-refractivity contribution in [1.29, 1.82) is 0 Å². The number of aryl methyl sites for hydroxylation is 2. The zero-order chi connectivity index (χ0) is 14.7. The molecule has 0 atom stereocenters. The summed E-state index contributed by atoms with van der Waals surface area (Å²) in [5.41, 5.74) is 3.40. The maximum atomic E-state index is 4.65. The van der Waals surface area contributed by atoms with Crippen LogP contribution in [0.5, 0.6) is 0 Å². The highest BCUT2D eigenvalue weighted by Gasteiger charge is 2.16. The van der Waals surface area contributed by atoms with Crippen molar-refractivity contribution in [1.82, 2.24) is 14.5 Å². The zero-order valence-electron chi connectivity index (χ0n) is 13.0. The fraction of sp³-hybridized carbons (Fsp3) is 0.529. The number of hydrogen-bond donors (Lipinski definition) is 1. The SMILES string of the molecule is Cc1cn(Cc2ncccc2C)c(NC2CCCCC2)n1. The van der Waals surface area contributed by atoms with E-state index in [1.54, 1.807) is 0 Å². The van der Waals surface area contributed by atoms with Gasteiger partial charge in [0.15, 0.2) is 0 Å². The molecule has 2 aromatic rings. The van der Waals surface area contributed by atoms with E-state index in [4.69, 9.17) is 0 Å². The Labute approximate surface area is 126 Å². The van der Waals surface area contributed by atoms with E-state index in [-0.39, 0.29) is 0 Å². The Morgan fingerprint density at radius 3 is 2.81 bits per heavy atom. The number of nitrogens with zero attached hydrogens (tertiary/aromatic N) is 3. The highest BCUT2D eigenvalue weighted by molar-refractivity contribution is 5.32. The van der Waals surface area contributed by atoms with Crippen LogP contribution in [-0.4, -0.2) is 20.6 Å². The topological polar surface area (TPSA) is 42.7 Å². The van der Waals surface area contributed by atoms with Crippen LogP contribution in [0, 0.1) is 13.8 Å². The molecule has 0 aliphatic heterocycles. The summed E-state index contributed by atoms with van der Waals surface area (Å²) in [6, 6.07) is 4.67. The molecule has 1 aliphatic rings. The molecule has 0 saturated heterocycles. The van der Waals surface area contributed by atoms with Crippen LogP contribution in [0.3, 0.4) is 0 Å². The third-order valence-corrected chi connectivity index (χ3v) is 4.27. The molecule has 4 nitrogen and oxygen atoms in total. The lowest BCUT2D eigenvalue weighted by atomic mass is 9.96. The summed E-state index contributed by atoms with van der Waals surface area (Å²) in [7, 11) is 0. The Morgan fingerprint density at radius 1 is 1.24 bits per heavy atom. The molecule has 0 unspecified atom stereocenters. The van der Waals surface area contributed by atoms with E-state index in [9.17, 15) is 0 Å². The molecule has 0 aromatic carbocycles. The molecule has 2 aromatic heterocycles. The molecule has 112 valence electrons. The molecule has 1 N–H and O–H groups in total. The van der Waals surface area contributed by atoms with Gasteiger partial charge in [-0.3, -0.25) is 4.98 Å². The quantitative estimate of drug-likeness (QED) is 0.931. The maximum absolute atomic E-state index is 4.65. The highest BCUT2D eigenvalue weighted by atomic mass is 15.2. The van der Waals surface area contributed by atoms with Gasteiger partial charge in [0.1, 0.15) is 0 Å². The van der Waals surface area contributed by atoms with Crippen molar-refractivity contribution in [3.8, 4) is 0 Å². The van der Waals surface area contributed by atoms with Gasteiger partial charge in [-0.15, -0.1) is 0 Å². The second-order valence-corrected chi connectivity index (χ2v) is 6.08. The van der Waals surface area contributed by atoms with Crippen LogP contribution in [0.2, 0.25) is 0 Å². The third kappa shape index (κ3) is 3.43. The van der Waals surface area contributed by atoms with Gasteiger partial charge in [-0.05, 0) is 38.3 Å². The first-order chi connectivity index (χ1) is 10.2. The van der Waals surface area contributed by atoms with Gasteiger partial charge in [0, 0.05) is 18.4 Å². The summed E-state index contributed by atoms with van der Waals surface area (Å²) in [6.45, 7) is 4.94. The summed E-state index contributed by atoms with van der Waals surface area (Å²) in [5, 5.41) is 3.63. The summed E-state index contributed by atoms with van der Waals surface area (Å²) >= 11 is 0. The minimum Gasteiger partial charge on any atom is -0.353 e. The first-order valence-corrected chi connectivity index (χ1v) is 7.93. The largest absolute Gasteiger partial charge is 0.353 e. The monoisotopic (exact) mass is 284 g/mol. The summed E-state index contributed by atoms with van der Waals surface area (Å²) < 4.78 is 2.19. The third-order valence-electron chi connectivity index (χ3n) is 4.27. The minimum absolute atomic E-state index is 0.573. The summed E-state index contributed by atoms with van der Waals surface area (Å²) in [4.78, 5) is 9.15. The minimum atomic E-state index is 0.573. The standard InChI is InChI=1S/C17H24N4/c1-13-7-6-10-18-16(13)12-21-11-14(2)19-17(21)20-15-8-4-3-5-9-15/h6-7,10-11,15H,3-5,8-9,12H2,1-2H3,(H,19,20). The van der Waals surface area contributed by atoms with Gasteiger partial charge in [0.05, 0.1) is 17.9 Å². The molecule has 21 heavy (non-hydrogen) atoms. The van der Waals surface area contributed by atoms with E-state index in [0.29, 0.717) is 6.04 Å². The normalized spacial score (nSPS) is 16.1. The van der Waals surface area contributed by atoms with E-state index in [2.05, 4.69) is 39.0 Å². The molecule has 0 amide bonds. The van der Waals surface area contributed by atoms with Crippen molar-refractivity contribution in [3.05, 3.63) is 41.5 Å².